The van der Waals surface area contributed by atoms with Crippen molar-refractivity contribution in [3.8, 4) is 5.75 Å². The van der Waals surface area contributed by atoms with Crippen LogP contribution >= 0.6 is 0 Å². The molecule has 2 rings (SSSR count). The van der Waals surface area contributed by atoms with Crippen molar-refractivity contribution >= 4 is 5.71 Å². The van der Waals surface area contributed by atoms with Crippen molar-refractivity contribution in [2.75, 3.05) is 0 Å². The van der Waals surface area contributed by atoms with E-state index in [1.165, 1.54) is 0 Å². The summed E-state index contributed by atoms with van der Waals surface area (Å²) >= 11 is 0. The summed E-state index contributed by atoms with van der Waals surface area (Å²) in [7, 11) is 0. The third-order valence-electron chi connectivity index (χ3n) is 2.77. The molecule has 0 aliphatic carbocycles. The molecule has 0 aromatic heterocycles. The van der Waals surface area contributed by atoms with Crippen LogP contribution in [0.2, 0.25) is 0 Å². The molecule has 0 saturated heterocycles. The highest BCUT2D eigenvalue weighted by Crippen LogP contribution is 2.33. The highest BCUT2D eigenvalue weighted by atomic mass is 16.5. The number of hydrogen-bond acceptors (Lipinski definition) is 3. The monoisotopic (exact) mass is 205 g/mol. The molecule has 1 atom stereocenters. The summed E-state index contributed by atoms with van der Waals surface area (Å²) in [6, 6.07) is 4.06. The highest BCUT2D eigenvalue weighted by Gasteiger charge is 2.25. The maximum Gasteiger partial charge on any atom is 0.132 e. The number of ether oxygens (including phenoxy) is 1. The first-order valence-electron chi connectivity index (χ1n) is 5.11. The Hall–Kier alpha value is -1.51. The topological polar surface area (TPSA) is 41.8 Å². The molecular formula is C12H15NO2. The van der Waals surface area contributed by atoms with E-state index in [2.05, 4.69) is 5.16 Å². The highest BCUT2D eigenvalue weighted by molar-refractivity contribution is 6.05. The van der Waals surface area contributed by atoms with Gasteiger partial charge in [0.1, 0.15) is 11.9 Å². The van der Waals surface area contributed by atoms with Gasteiger partial charge in [-0.2, -0.15) is 0 Å². The van der Waals surface area contributed by atoms with Crippen molar-refractivity contribution < 1.29 is 9.94 Å². The van der Waals surface area contributed by atoms with Gasteiger partial charge in [-0.05, 0) is 31.9 Å². The number of aryl methyl sites for hydroxylation is 2. The van der Waals surface area contributed by atoms with Gasteiger partial charge in [0.05, 0.1) is 5.71 Å². The molecule has 1 aliphatic heterocycles. The predicted octanol–water partition coefficient (Wildman–Crippen LogP) is 2.65. The van der Waals surface area contributed by atoms with Crippen molar-refractivity contribution in [3.63, 3.8) is 0 Å². The molecule has 0 saturated carbocycles. The Labute approximate surface area is 89.4 Å². The Morgan fingerprint density at radius 1 is 1.33 bits per heavy atom. The molecule has 0 spiro atoms. The lowest BCUT2D eigenvalue weighted by Crippen LogP contribution is -2.26. The van der Waals surface area contributed by atoms with Crippen molar-refractivity contribution in [1.82, 2.24) is 0 Å². The van der Waals surface area contributed by atoms with Gasteiger partial charge in [0.2, 0.25) is 0 Å². The van der Waals surface area contributed by atoms with E-state index in [0.29, 0.717) is 6.42 Å². The first-order chi connectivity index (χ1) is 7.13. The largest absolute Gasteiger partial charge is 0.489 e. The molecule has 1 aliphatic rings. The lowest BCUT2D eigenvalue weighted by atomic mass is 9.94. The maximum absolute atomic E-state index is 9.00. The number of rotatable bonds is 0. The number of nitrogens with zero attached hydrogens (tertiary/aromatic N) is 1. The van der Waals surface area contributed by atoms with Crippen molar-refractivity contribution in [1.29, 1.82) is 0 Å². The van der Waals surface area contributed by atoms with Crippen LogP contribution < -0.4 is 4.74 Å². The zero-order chi connectivity index (χ0) is 11.0. The normalized spacial score (nSPS) is 22.3. The molecule has 0 bridgehead atoms. The molecule has 1 unspecified atom stereocenters. The minimum Gasteiger partial charge on any atom is -0.489 e. The summed E-state index contributed by atoms with van der Waals surface area (Å²) in [5.41, 5.74) is 3.86. The SMILES string of the molecule is Cc1ccc(C)c2c1OC(C)C/C2=N\O. The Balaban J connectivity index is 2.65. The Morgan fingerprint density at radius 2 is 2.00 bits per heavy atom. The molecule has 0 radical (unpaired) electrons. The average molecular weight is 205 g/mol. The van der Waals surface area contributed by atoms with Gasteiger partial charge in [-0.15, -0.1) is 0 Å². The zero-order valence-electron chi connectivity index (χ0n) is 9.24. The van der Waals surface area contributed by atoms with Gasteiger partial charge in [0, 0.05) is 12.0 Å². The fourth-order valence-corrected chi connectivity index (χ4v) is 2.00. The summed E-state index contributed by atoms with van der Waals surface area (Å²) in [5.74, 6) is 0.863. The fraction of sp³-hybridized carbons (Fsp3) is 0.417. The fourth-order valence-electron chi connectivity index (χ4n) is 2.00. The molecule has 0 amide bonds. The molecule has 3 heteroatoms. The van der Waals surface area contributed by atoms with Crippen LogP contribution in [0.4, 0.5) is 0 Å². The second-order valence-corrected chi connectivity index (χ2v) is 4.08. The van der Waals surface area contributed by atoms with Gasteiger partial charge in [-0.3, -0.25) is 0 Å². The van der Waals surface area contributed by atoms with E-state index in [4.69, 9.17) is 9.94 Å². The molecule has 3 nitrogen and oxygen atoms in total. The molecule has 0 fully saturated rings. The first-order valence-corrected chi connectivity index (χ1v) is 5.11. The lowest BCUT2D eigenvalue weighted by Gasteiger charge is -2.26. The number of oxime groups is 1. The lowest BCUT2D eigenvalue weighted by molar-refractivity contribution is 0.216. The van der Waals surface area contributed by atoms with E-state index < -0.39 is 0 Å². The summed E-state index contributed by atoms with van der Waals surface area (Å²) < 4.78 is 5.78. The van der Waals surface area contributed by atoms with Gasteiger partial charge < -0.3 is 9.94 Å². The Morgan fingerprint density at radius 3 is 2.67 bits per heavy atom. The second-order valence-electron chi connectivity index (χ2n) is 4.08. The van der Waals surface area contributed by atoms with Crippen LogP contribution in [0.5, 0.6) is 5.75 Å². The second kappa shape index (κ2) is 3.57. The van der Waals surface area contributed by atoms with Crippen LogP contribution in [0.3, 0.4) is 0 Å². The van der Waals surface area contributed by atoms with Crippen LogP contribution in [0.25, 0.3) is 0 Å². The Bertz CT molecular complexity index is 424. The number of fused-ring (bicyclic) bond motifs is 1. The van der Waals surface area contributed by atoms with Crippen molar-refractivity contribution in [2.24, 2.45) is 5.16 Å². The van der Waals surface area contributed by atoms with E-state index in [1.807, 2.05) is 32.9 Å². The average Bonchev–Trinajstić information content (AvgIpc) is 2.22. The van der Waals surface area contributed by atoms with Gasteiger partial charge in [0.25, 0.3) is 0 Å². The molecule has 1 N–H and O–H groups in total. The van der Waals surface area contributed by atoms with Crippen LogP contribution in [-0.4, -0.2) is 17.0 Å². The molecule has 1 aromatic carbocycles. The molecule has 80 valence electrons. The molecule has 15 heavy (non-hydrogen) atoms. The zero-order valence-corrected chi connectivity index (χ0v) is 9.24. The van der Waals surface area contributed by atoms with Crippen LogP contribution in [-0.2, 0) is 0 Å². The third-order valence-corrected chi connectivity index (χ3v) is 2.77. The predicted molar refractivity (Wildman–Crippen MR) is 58.9 cm³/mol. The molecular weight excluding hydrogens is 190 g/mol. The summed E-state index contributed by atoms with van der Waals surface area (Å²) in [6.07, 6.45) is 0.734. The Kier molecular flexibility index (Phi) is 2.39. The van der Waals surface area contributed by atoms with Crippen LogP contribution in [0.1, 0.15) is 30.0 Å². The summed E-state index contributed by atoms with van der Waals surface area (Å²) in [5, 5.41) is 12.4. The standard InChI is InChI=1S/C12H15NO2/c1-7-4-5-8(2)12-11(7)10(13-14)6-9(3)15-12/h4-5,9,14H,6H2,1-3H3/b13-10+. The minimum absolute atomic E-state index is 0.0731. The van der Waals surface area contributed by atoms with Crippen LogP contribution in [0, 0.1) is 13.8 Å². The number of benzene rings is 1. The quantitative estimate of drug-likeness (QED) is 0.522. The minimum atomic E-state index is 0.0731. The summed E-state index contributed by atoms with van der Waals surface area (Å²) in [6.45, 7) is 5.99. The number of hydrogen-bond donors (Lipinski definition) is 1. The summed E-state index contributed by atoms with van der Waals surface area (Å²) in [4.78, 5) is 0. The molecule has 1 heterocycles. The van der Waals surface area contributed by atoms with Gasteiger partial charge in [-0.25, -0.2) is 0 Å². The van der Waals surface area contributed by atoms with Gasteiger partial charge >= 0.3 is 0 Å². The maximum atomic E-state index is 9.00. The van der Waals surface area contributed by atoms with E-state index in [9.17, 15) is 0 Å². The first kappa shape index (κ1) is 10.0. The van der Waals surface area contributed by atoms with E-state index in [0.717, 1.165) is 28.2 Å². The van der Waals surface area contributed by atoms with Crippen molar-refractivity contribution in [2.45, 2.75) is 33.3 Å². The van der Waals surface area contributed by atoms with E-state index >= 15 is 0 Å². The van der Waals surface area contributed by atoms with Gasteiger partial charge in [0.15, 0.2) is 0 Å². The van der Waals surface area contributed by atoms with E-state index in [-0.39, 0.29) is 6.10 Å². The third kappa shape index (κ3) is 1.58. The van der Waals surface area contributed by atoms with E-state index in [1.54, 1.807) is 0 Å². The van der Waals surface area contributed by atoms with Gasteiger partial charge in [-0.1, -0.05) is 17.3 Å². The molecule has 1 aromatic rings. The van der Waals surface area contributed by atoms with Crippen molar-refractivity contribution in [3.05, 3.63) is 28.8 Å². The van der Waals surface area contributed by atoms with Crippen LogP contribution in [0.15, 0.2) is 17.3 Å². The smallest absolute Gasteiger partial charge is 0.132 e.